The molecule has 84 valence electrons. The van der Waals surface area contributed by atoms with E-state index in [4.69, 9.17) is 4.74 Å². The van der Waals surface area contributed by atoms with Gasteiger partial charge in [0.25, 0.3) is 0 Å². The SMILES string of the molecule is Cc1cccc(C(=O)C2=COCCC2)c1I. The zero-order valence-corrected chi connectivity index (χ0v) is 11.3. The molecule has 0 bridgehead atoms. The first-order valence-electron chi connectivity index (χ1n) is 5.30. The quantitative estimate of drug-likeness (QED) is 0.614. The van der Waals surface area contributed by atoms with E-state index in [0.717, 1.165) is 39.7 Å². The van der Waals surface area contributed by atoms with E-state index in [2.05, 4.69) is 22.6 Å². The molecule has 0 radical (unpaired) electrons. The Hall–Kier alpha value is -0.840. The van der Waals surface area contributed by atoms with Crippen LogP contribution in [-0.2, 0) is 4.74 Å². The Labute approximate surface area is 109 Å². The molecule has 3 heteroatoms. The van der Waals surface area contributed by atoms with Crippen LogP contribution in [0.1, 0.15) is 28.8 Å². The number of aryl methyl sites for hydroxylation is 1. The maximum absolute atomic E-state index is 12.2. The Morgan fingerprint density at radius 2 is 2.25 bits per heavy atom. The third-order valence-electron chi connectivity index (χ3n) is 2.66. The van der Waals surface area contributed by atoms with Crippen LogP contribution in [0.3, 0.4) is 0 Å². The average Bonchev–Trinajstić information content (AvgIpc) is 2.33. The van der Waals surface area contributed by atoms with Crippen molar-refractivity contribution in [2.45, 2.75) is 19.8 Å². The molecule has 0 atom stereocenters. The lowest BCUT2D eigenvalue weighted by atomic mass is 9.98. The molecule has 0 fully saturated rings. The summed E-state index contributed by atoms with van der Waals surface area (Å²) < 4.78 is 6.25. The van der Waals surface area contributed by atoms with Gasteiger partial charge in [0.05, 0.1) is 12.9 Å². The summed E-state index contributed by atoms with van der Waals surface area (Å²) in [6.07, 6.45) is 3.37. The van der Waals surface area contributed by atoms with Gasteiger partial charge >= 0.3 is 0 Å². The molecule has 1 aliphatic heterocycles. The maximum Gasteiger partial charge on any atom is 0.193 e. The van der Waals surface area contributed by atoms with Crippen molar-refractivity contribution in [1.29, 1.82) is 0 Å². The zero-order valence-electron chi connectivity index (χ0n) is 9.13. The molecule has 0 aromatic heterocycles. The topological polar surface area (TPSA) is 26.3 Å². The Kier molecular flexibility index (Phi) is 3.63. The van der Waals surface area contributed by atoms with Crippen molar-refractivity contribution in [3.05, 3.63) is 44.7 Å². The minimum Gasteiger partial charge on any atom is -0.501 e. The Bertz CT molecular complexity index is 449. The molecule has 1 aromatic carbocycles. The molecule has 1 aromatic rings. The van der Waals surface area contributed by atoms with Crippen molar-refractivity contribution < 1.29 is 9.53 Å². The molecule has 0 unspecified atom stereocenters. The molecule has 0 saturated carbocycles. The number of allylic oxidation sites excluding steroid dienone is 1. The number of carbonyl (C=O) groups is 1. The molecule has 0 N–H and O–H groups in total. The van der Waals surface area contributed by atoms with Crippen LogP contribution in [0.4, 0.5) is 0 Å². The van der Waals surface area contributed by atoms with Gasteiger partial charge in [0.15, 0.2) is 5.78 Å². The number of halogens is 1. The normalized spacial score (nSPS) is 15.2. The minimum atomic E-state index is 0.104. The van der Waals surface area contributed by atoms with Crippen LogP contribution in [0.25, 0.3) is 0 Å². The highest BCUT2D eigenvalue weighted by atomic mass is 127. The number of ether oxygens (including phenoxy) is 1. The van der Waals surface area contributed by atoms with E-state index < -0.39 is 0 Å². The third kappa shape index (κ3) is 2.29. The fourth-order valence-corrected chi connectivity index (χ4v) is 2.33. The fraction of sp³-hybridized carbons (Fsp3) is 0.308. The molecule has 0 aliphatic carbocycles. The van der Waals surface area contributed by atoms with Crippen LogP contribution in [0.2, 0.25) is 0 Å². The Balaban J connectivity index is 2.33. The molecule has 1 aliphatic rings. The first-order chi connectivity index (χ1) is 7.70. The highest BCUT2D eigenvalue weighted by Gasteiger charge is 2.18. The predicted octanol–water partition coefficient (Wildman–Crippen LogP) is 3.48. The molecular formula is C13H13IO2. The largest absolute Gasteiger partial charge is 0.501 e. The van der Waals surface area contributed by atoms with E-state index in [-0.39, 0.29) is 5.78 Å². The van der Waals surface area contributed by atoms with Gasteiger partial charge in [0.1, 0.15) is 0 Å². The van der Waals surface area contributed by atoms with Crippen LogP contribution >= 0.6 is 22.6 Å². The molecule has 2 nitrogen and oxygen atoms in total. The van der Waals surface area contributed by atoms with E-state index in [1.165, 1.54) is 0 Å². The molecule has 1 heterocycles. The van der Waals surface area contributed by atoms with Gasteiger partial charge in [-0.25, -0.2) is 0 Å². The van der Waals surface area contributed by atoms with Gasteiger partial charge in [-0.2, -0.15) is 0 Å². The first-order valence-corrected chi connectivity index (χ1v) is 6.38. The second-order valence-corrected chi connectivity index (χ2v) is 4.96. The molecule has 0 amide bonds. The van der Waals surface area contributed by atoms with Gasteiger partial charge in [0.2, 0.25) is 0 Å². The summed E-state index contributed by atoms with van der Waals surface area (Å²) in [5.74, 6) is 0.104. The number of ketones is 1. The molecule has 0 spiro atoms. The van der Waals surface area contributed by atoms with Gasteiger partial charge in [-0.05, 0) is 54.0 Å². The van der Waals surface area contributed by atoms with Crippen molar-refractivity contribution >= 4 is 28.4 Å². The minimum absolute atomic E-state index is 0.104. The van der Waals surface area contributed by atoms with Crippen molar-refractivity contribution in [3.63, 3.8) is 0 Å². The summed E-state index contributed by atoms with van der Waals surface area (Å²) in [6, 6.07) is 5.83. The van der Waals surface area contributed by atoms with Crippen LogP contribution in [0.5, 0.6) is 0 Å². The summed E-state index contributed by atoms with van der Waals surface area (Å²) in [6.45, 7) is 2.74. The van der Waals surface area contributed by atoms with E-state index in [1.54, 1.807) is 6.26 Å². The van der Waals surface area contributed by atoms with Gasteiger partial charge in [-0.15, -0.1) is 0 Å². The van der Waals surface area contributed by atoms with Crippen LogP contribution in [0.15, 0.2) is 30.0 Å². The van der Waals surface area contributed by atoms with Crippen LogP contribution in [-0.4, -0.2) is 12.4 Å². The number of hydrogen-bond donors (Lipinski definition) is 0. The second-order valence-electron chi connectivity index (χ2n) is 3.88. The number of carbonyl (C=O) groups excluding carboxylic acids is 1. The lowest BCUT2D eigenvalue weighted by Crippen LogP contribution is -2.11. The Morgan fingerprint density at radius 1 is 1.44 bits per heavy atom. The van der Waals surface area contributed by atoms with Crippen molar-refractivity contribution in [3.8, 4) is 0 Å². The molecular weight excluding hydrogens is 315 g/mol. The summed E-state index contributed by atoms with van der Waals surface area (Å²) >= 11 is 2.23. The van der Waals surface area contributed by atoms with Crippen molar-refractivity contribution in [2.24, 2.45) is 0 Å². The second kappa shape index (κ2) is 4.99. The summed E-state index contributed by atoms with van der Waals surface area (Å²) in [4.78, 5) is 12.2. The van der Waals surface area contributed by atoms with Crippen molar-refractivity contribution in [1.82, 2.24) is 0 Å². The summed E-state index contributed by atoms with van der Waals surface area (Å²) in [7, 11) is 0. The van der Waals surface area contributed by atoms with Gasteiger partial charge < -0.3 is 4.74 Å². The molecule has 2 rings (SSSR count). The lowest BCUT2D eigenvalue weighted by molar-refractivity contribution is 0.101. The fourth-order valence-electron chi connectivity index (χ4n) is 1.73. The summed E-state index contributed by atoms with van der Waals surface area (Å²) in [5, 5.41) is 0. The van der Waals surface area contributed by atoms with Gasteiger partial charge in [-0.3, -0.25) is 4.79 Å². The maximum atomic E-state index is 12.2. The molecule has 0 saturated heterocycles. The first kappa shape index (κ1) is 11.6. The van der Waals surface area contributed by atoms with E-state index in [9.17, 15) is 4.79 Å². The number of Topliss-reactive ketones (excluding diaryl/α,β-unsaturated/α-hetero) is 1. The number of hydrogen-bond acceptors (Lipinski definition) is 2. The third-order valence-corrected chi connectivity index (χ3v) is 4.09. The van der Waals surface area contributed by atoms with Gasteiger partial charge in [0, 0.05) is 14.7 Å². The van der Waals surface area contributed by atoms with Crippen LogP contribution < -0.4 is 0 Å². The number of rotatable bonds is 2. The lowest BCUT2D eigenvalue weighted by Gasteiger charge is -2.13. The average molecular weight is 328 g/mol. The summed E-state index contributed by atoms with van der Waals surface area (Å²) in [5.41, 5.74) is 2.72. The smallest absolute Gasteiger partial charge is 0.193 e. The highest BCUT2D eigenvalue weighted by molar-refractivity contribution is 14.1. The predicted molar refractivity (Wildman–Crippen MR) is 71.5 cm³/mol. The molecule has 16 heavy (non-hydrogen) atoms. The van der Waals surface area contributed by atoms with E-state index in [1.807, 2.05) is 25.1 Å². The Morgan fingerprint density at radius 3 is 2.94 bits per heavy atom. The zero-order chi connectivity index (χ0) is 11.5. The van der Waals surface area contributed by atoms with E-state index >= 15 is 0 Å². The monoisotopic (exact) mass is 328 g/mol. The highest BCUT2D eigenvalue weighted by Crippen LogP contribution is 2.23. The number of benzene rings is 1. The van der Waals surface area contributed by atoms with Crippen molar-refractivity contribution in [2.75, 3.05) is 6.61 Å². The van der Waals surface area contributed by atoms with Crippen LogP contribution in [0, 0.1) is 10.5 Å². The van der Waals surface area contributed by atoms with Gasteiger partial charge in [-0.1, -0.05) is 12.1 Å². The standard InChI is InChI=1S/C13H13IO2/c1-9-4-2-6-11(12(9)14)13(15)10-5-3-7-16-8-10/h2,4,6,8H,3,5,7H2,1H3. The van der Waals surface area contributed by atoms with E-state index in [0.29, 0.717) is 0 Å².